The molecule has 2 unspecified atom stereocenters. The van der Waals surface area contributed by atoms with Crippen molar-refractivity contribution in [2.24, 2.45) is 0 Å². The Bertz CT molecular complexity index is 421. The predicted molar refractivity (Wildman–Crippen MR) is 63.2 cm³/mol. The third-order valence-electron chi connectivity index (χ3n) is 1.87. The molecule has 0 bridgehead atoms. The molecular formula is C9H13N3O3S. The summed E-state index contributed by atoms with van der Waals surface area (Å²) in [5.41, 5.74) is 4.81. The third kappa shape index (κ3) is 3.09. The molecule has 0 spiro atoms. The Hall–Kier alpha value is -1.31. The van der Waals surface area contributed by atoms with Gasteiger partial charge in [0.1, 0.15) is 5.82 Å². The van der Waals surface area contributed by atoms with Gasteiger partial charge < -0.3 is 15.6 Å². The summed E-state index contributed by atoms with van der Waals surface area (Å²) in [5.74, 6) is 0.138. The summed E-state index contributed by atoms with van der Waals surface area (Å²) >= 11 is 4.76. The minimum absolute atomic E-state index is 0.138. The van der Waals surface area contributed by atoms with Crippen LogP contribution in [-0.4, -0.2) is 32.7 Å². The summed E-state index contributed by atoms with van der Waals surface area (Å²) in [6.45, 7) is 1.51. The number of aliphatic hydroxyl groups is 1. The Balaban J connectivity index is 2.95. The molecule has 16 heavy (non-hydrogen) atoms. The van der Waals surface area contributed by atoms with Gasteiger partial charge in [-0.1, -0.05) is 12.2 Å². The number of nitrogens with zero attached hydrogens (tertiary/aromatic N) is 2. The standard InChI is InChI=1S/C9H13N3O3S/c1-6(4-13)15-8(5-16)12-3-2-7(10)11-9(12)14/h2-3,5-6,8,13H,4H2,1H3,(H2,10,11,14). The Kier molecular flexibility index (Phi) is 4.53. The van der Waals surface area contributed by atoms with Crippen molar-refractivity contribution in [1.82, 2.24) is 9.55 Å². The van der Waals surface area contributed by atoms with Gasteiger partial charge in [0.25, 0.3) is 0 Å². The van der Waals surface area contributed by atoms with Crippen LogP contribution >= 0.6 is 12.2 Å². The van der Waals surface area contributed by atoms with E-state index >= 15 is 0 Å². The molecule has 0 amide bonds. The second-order valence-corrected chi connectivity index (χ2v) is 3.47. The average Bonchev–Trinajstić information content (AvgIpc) is 2.26. The summed E-state index contributed by atoms with van der Waals surface area (Å²) < 4.78 is 6.53. The first-order valence-electron chi connectivity index (χ1n) is 4.64. The first-order valence-corrected chi connectivity index (χ1v) is 5.12. The largest absolute Gasteiger partial charge is 0.394 e. The smallest absolute Gasteiger partial charge is 0.351 e. The van der Waals surface area contributed by atoms with Crippen molar-refractivity contribution in [2.75, 3.05) is 12.3 Å². The van der Waals surface area contributed by atoms with Crippen LogP contribution in [0.15, 0.2) is 17.1 Å². The van der Waals surface area contributed by atoms with E-state index in [2.05, 4.69) is 4.98 Å². The Morgan fingerprint density at radius 3 is 3.00 bits per heavy atom. The third-order valence-corrected chi connectivity index (χ3v) is 2.10. The SMILES string of the molecule is CC(CO)OC(C=S)n1ccc(N)nc1=O. The molecule has 1 aromatic heterocycles. The lowest BCUT2D eigenvalue weighted by molar-refractivity contribution is -0.0289. The number of thiocarbonyl (C=S) groups is 1. The minimum atomic E-state index is -0.738. The van der Waals surface area contributed by atoms with Crippen molar-refractivity contribution in [1.29, 1.82) is 0 Å². The molecule has 1 aromatic rings. The van der Waals surface area contributed by atoms with Gasteiger partial charge >= 0.3 is 5.69 Å². The number of ether oxygens (including phenoxy) is 1. The van der Waals surface area contributed by atoms with E-state index in [1.807, 2.05) is 0 Å². The maximum atomic E-state index is 11.5. The van der Waals surface area contributed by atoms with Crippen molar-refractivity contribution in [2.45, 2.75) is 19.3 Å². The van der Waals surface area contributed by atoms with Crippen molar-refractivity contribution >= 4 is 23.4 Å². The van der Waals surface area contributed by atoms with Crippen LogP contribution in [0.4, 0.5) is 5.82 Å². The van der Waals surface area contributed by atoms with Crippen molar-refractivity contribution in [3.05, 3.63) is 22.7 Å². The molecule has 7 heteroatoms. The van der Waals surface area contributed by atoms with Crippen LogP contribution in [0, 0.1) is 0 Å². The lowest BCUT2D eigenvalue weighted by Crippen LogP contribution is -2.31. The molecule has 0 aromatic carbocycles. The van der Waals surface area contributed by atoms with Gasteiger partial charge in [0.2, 0.25) is 0 Å². The summed E-state index contributed by atoms with van der Waals surface area (Å²) in [6, 6.07) is 1.47. The van der Waals surface area contributed by atoms with E-state index in [0.29, 0.717) is 0 Å². The highest BCUT2D eigenvalue weighted by Crippen LogP contribution is 2.07. The van der Waals surface area contributed by atoms with E-state index < -0.39 is 18.0 Å². The van der Waals surface area contributed by atoms with Crippen LogP contribution in [0.3, 0.4) is 0 Å². The fraction of sp³-hybridized carbons (Fsp3) is 0.444. The Morgan fingerprint density at radius 1 is 1.81 bits per heavy atom. The van der Waals surface area contributed by atoms with Crippen molar-refractivity contribution in [3.8, 4) is 0 Å². The molecule has 0 saturated carbocycles. The van der Waals surface area contributed by atoms with Gasteiger partial charge in [0.05, 0.1) is 12.7 Å². The number of nitrogen functional groups attached to an aromatic ring is 1. The highest BCUT2D eigenvalue weighted by molar-refractivity contribution is 7.79. The van der Waals surface area contributed by atoms with Gasteiger partial charge in [-0.2, -0.15) is 4.98 Å². The summed E-state index contributed by atoms with van der Waals surface area (Å²) in [4.78, 5) is 15.0. The van der Waals surface area contributed by atoms with Gasteiger partial charge in [0.15, 0.2) is 6.23 Å². The van der Waals surface area contributed by atoms with Gasteiger partial charge in [-0.05, 0) is 13.0 Å². The van der Waals surface area contributed by atoms with Gasteiger partial charge in [-0.15, -0.1) is 0 Å². The molecule has 0 aliphatic carbocycles. The zero-order chi connectivity index (χ0) is 12.1. The number of rotatable bonds is 5. The number of aromatic nitrogens is 2. The maximum Gasteiger partial charge on any atom is 0.351 e. The molecule has 6 nitrogen and oxygen atoms in total. The molecule has 0 saturated heterocycles. The van der Waals surface area contributed by atoms with Crippen LogP contribution < -0.4 is 11.4 Å². The van der Waals surface area contributed by atoms with E-state index in [4.69, 9.17) is 27.8 Å². The number of anilines is 1. The minimum Gasteiger partial charge on any atom is -0.394 e. The molecule has 3 N–H and O–H groups in total. The van der Waals surface area contributed by atoms with Gasteiger partial charge in [-0.25, -0.2) is 4.79 Å². The highest BCUT2D eigenvalue weighted by Gasteiger charge is 2.13. The van der Waals surface area contributed by atoms with Crippen molar-refractivity contribution in [3.63, 3.8) is 0 Å². The zero-order valence-electron chi connectivity index (χ0n) is 8.74. The highest BCUT2D eigenvalue weighted by atomic mass is 32.1. The van der Waals surface area contributed by atoms with Gasteiger partial charge in [-0.3, -0.25) is 4.57 Å². The number of aliphatic hydroxyl groups excluding tert-OH is 1. The molecule has 0 fully saturated rings. The quantitative estimate of drug-likeness (QED) is 0.691. The molecule has 88 valence electrons. The zero-order valence-corrected chi connectivity index (χ0v) is 9.55. The average molecular weight is 243 g/mol. The molecule has 1 rings (SSSR count). The second-order valence-electron chi connectivity index (χ2n) is 3.20. The first kappa shape index (κ1) is 12.8. The topological polar surface area (TPSA) is 90.4 Å². The Morgan fingerprint density at radius 2 is 2.50 bits per heavy atom. The maximum absolute atomic E-state index is 11.5. The van der Waals surface area contributed by atoms with E-state index in [1.165, 1.54) is 22.2 Å². The van der Waals surface area contributed by atoms with Crippen LogP contribution in [0.1, 0.15) is 13.2 Å². The Labute approximate surface area is 97.7 Å². The second kappa shape index (κ2) is 5.69. The lowest BCUT2D eigenvalue weighted by atomic mass is 10.4. The lowest BCUT2D eigenvalue weighted by Gasteiger charge is -2.19. The summed E-state index contributed by atoms with van der Waals surface area (Å²) in [7, 11) is 0. The summed E-state index contributed by atoms with van der Waals surface area (Å²) in [6.07, 6.45) is 0.286. The van der Waals surface area contributed by atoms with Gasteiger partial charge in [0, 0.05) is 11.6 Å². The van der Waals surface area contributed by atoms with E-state index in [-0.39, 0.29) is 12.4 Å². The molecule has 0 aliphatic rings. The monoisotopic (exact) mass is 243 g/mol. The molecule has 0 aliphatic heterocycles. The number of nitrogens with two attached hydrogens (primary N) is 1. The summed E-state index contributed by atoms with van der Waals surface area (Å²) in [5, 5.41) is 10.1. The van der Waals surface area contributed by atoms with E-state index in [9.17, 15) is 4.79 Å². The predicted octanol–water partition coefficient (Wildman–Crippen LogP) is -0.279. The first-order chi connectivity index (χ1) is 7.58. The van der Waals surface area contributed by atoms with E-state index in [1.54, 1.807) is 6.92 Å². The van der Waals surface area contributed by atoms with E-state index in [0.717, 1.165) is 0 Å². The fourth-order valence-corrected chi connectivity index (χ4v) is 1.26. The fourth-order valence-electron chi connectivity index (χ4n) is 1.06. The molecule has 2 atom stereocenters. The molecule has 0 radical (unpaired) electrons. The molecular weight excluding hydrogens is 230 g/mol. The number of hydrogen-bond donors (Lipinski definition) is 2. The molecule has 1 heterocycles. The van der Waals surface area contributed by atoms with Crippen molar-refractivity contribution < 1.29 is 9.84 Å². The van der Waals surface area contributed by atoms with Crippen LogP contribution in [0.5, 0.6) is 0 Å². The van der Waals surface area contributed by atoms with Crippen LogP contribution in [0.25, 0.3) is 0 Å². The number of hydrogen-bond acceptors (Lipinski definition) is 6. The van der Waals surface area contributed by atoms with Crippen LogP contribution in [-0.2, 0) is 4.74 Å². The normalized spacial score (nSPS) is 14.4. The van der Waals surface area contributed by atoms with Crippen LogP contribution in [0.2, 0.25) is 0 Å².